The fourth-order valence-electron chi connectivity index (χ4n) is 0.773. The van der Waals surface area contributed by atoms with Crippen LogP contribution in [-0.2, 0) is 0 Å². The molecule has 0 unspecified atom stereocenters. The molecule has 1 rings (SSSR count). The number of hydrogen-bond donors (Lipinski definition) is 1. The number of azo groups is 1. The molecule has 12 heavy (non-hydrogen) atoms. The number of benzene rings is 1. The summed E-state index contributed by atoms with van der Waals surface area (Å²) in [6.45, 7) is 0.0317. The number of nitrogens with zero attached hydrogens (tertiary/aromatic N) is 2. The highest BCUT2D eigenvalue weighted by Crippen LogP contribution is 2.08. The average Bonchev–Trinajstić information content (AvgIpc) is 2.15. The van der Waals surface area contributed by atoms with Crippen LogP contribution in [0.15, 0.2) is 35.4 Å². The predicted molar refractivity (Wildman–Crippen MR) is 44.1 cm³/mol. The molecule has 0 bridgehead atoms. The standard InChI is InChI=1S/C8H10N2O2/c11-7-6-9-10(12)8-4-2-1-3-5-8/h1-5,11H,6-7H2. The highest BCUT2D eigenvalue weighted by atomic mass is 16.5. The molecule has 0 aromatic heterocycles. The normalized spacial score (nSPS) is 11.6. The lowest BCUT2D eigenvalue weighted by molar-refractivity contribution is -0.442. The Morgan fingerprint density at radius 3 is 2.58 bits per heavy atom. The Balaban J connectivity index is 2.71. The predicted octanol–water partition coefficient (Wildman–Crippen LogP) is 1.27. The molecule has 4 heteroatoms. The van der Waals surface area contributed by atoms with E-state index in [-0.39, 0.29) is 13.2 Å². The van der Waals surface area contributed by atoms with E-state index in [2.05, 4.69) is 5.11 Å². The van der Waals surface area contributed by atoms with Gasteiger partial charge in [0.15, 0.2) is 0 Å². The Morgan fingerprint density at radius 2 is 2.00 bits per heavy atom. The van der Waals surface area contributed by atoms with Crippen LogP contribution in [0.1, 0.15) is 0 Å². The van der Waals surface area contributed by atoms with E-state index in [4.69, 9.17) is 5.11 Å². The number of aliphatic hydroxyl groups is 1. The van der Waals surface area contributed by atoms with Gasteiger partial charge in [0.25, 0.3) is 0 Å². The summed E-state index contributed by atoms with van der Waals surface area (Å²) in [4.78, 5) is 0.510. The maximum Gasteiger partial charge on any atom is 0.244 e. The van der Waals surface area contributed by atoms with Gasteiger partial charge in [-0.05, 0) is 5.11 Å². The summed E-state index contributed by atoms with van der Waals surface area (Å²) in [7, 11) is 0. The van der Waals surface area contributed by atoms with Crippen LogP contribution in [0.4, 0.5) is 5.69 Å². The molecule has 0 radical (unpaired) electrons. The van der Waals surface area contributed by atoms with Gasteiger partial charge in [-0.15, -0.1) is 0 Å². The first-order valence-corrected chi connectivity index (χ1v) is 3.65. The highest BCUT2D eigenvalue weighted by molar-refractivity contribution is 5.27. The van der Waals surface area contributed by atoms with E-state index >= 15 is 0 Å². The van der Waals surface area contributed by atoms with Crippen molar-refractivity contribution >= 4 is 5.69 Å². The van der Waals surface area contributed by atoms with Crippen molar-refractivity contribution < 1.29 is 9.97 Å². The molecule has 0 spiro atoms. The lowest BCUT2D eigenvalue weighted by Gasteiger charge is -1.97. The van der Waals surface area contributed by atoms with Gasteiger partial charge in [-0.1, -0.05) is 23.1 Å². The van der Waals surface area contributed by atoms with Crippen LogP contribution in [0.2, 0.25) is 0 Å². The summed E-state index contributed by atoms with van der Waals surface area (Å²) < 4.78 is 0. The van der Waals surface area contributed by atoms with Gasteiger partial charge in [0.1, 0.15) is 6.54 Å². The fraction of sp³-hybridized carbons (Fsp3) is 0.250. The lowest BCUT2D eigenvalue weighted by Crippen LogP contribution is -1.95. The van der Waals surface area contributed by atoms with E-state index in [0.29, 0.717) is 10.5 Å². The second kappa shape index (κ2) is 4.46. The maximum absolute atomic E-state index is 11.0. The molecule has 1 N–H and O–H groups in total. The molecule has 0 atom stereocenters. The monoisotopic (exact) mass is 166 g/mol. The minimum atomic E-state index is -0.106. The molecular formula is C8H10N2O2. The third kappa shape index (κ3) is 2.32. The zero-order valence-electron chi connectivity index (χ0n) is 6.55. The van der Waals surface area contributed by atoms with E-state index in [9.17, 15) is 5.21 Å². The Bertz CT molecular complexity index is 259. The van der Waals surface area contributed by atoms with Crippen molar-refractivity contribution in [3.63, 3.8) is 0 Å². The first kappa shape index (κ1) is 8.67. The van der Waals surface area contributed by atoms with E-state index in [1.807, 2.05) is 6.07 Å². The quantitative estimate of drug-likeness (QED) is 0.417. The van der Waals surface area contributed by atoms with Gasteiger partial charge in [0.2, 0.25) is 5.69 Å². The number of para-hydroxylation sites is 1. The van der Waals surface area contributed by atoms with Crippen LogP contribution in [-0.4, -0.2) is 23.1 Å². The van der Waals surface area contributed by atoms with E-state index in [1.165, 1.54) is 0 Å². The Hall–Kier alpha value is -1.42. The average molecular weight is 166 g/mol. The summed E-state index contributed by atoms with van der Waals surface area (Å²) in [5, 5.41) is 23.0. The van der Waals surface area contributed by atoms with Gasteiger partial charge in [0, 0.05) is 12.1 Å². The zero-order valence-corrected chi connectivity index (χ0v) is 6.55. The number of hydrogen-bond acceptors (Lipinski definition) is 3. The smallest absolute Gasteiger partial charge is 0.244 e. The molecule has 4 nitrogen and oxygen atoms in total. The van der Waals surface area contributed by atoms with Gasteiger partial charge in [-0.3, -0.25) is 0 Å². The van der Waals surface area contributed by atoms with Crippen molar-refractivity contribution in [2.45, 2.75) is 0 Å². The molecule has 0 aliphatic carbocycles. The minimum absolute atomic E-state index is 0.106. The minimum Gasteiger partial charge on any atom is -0.594 e. The SMILES string of the molecule is [O-][N+](=NCCO)c1ccccc1. The van der Waals surface area contributed by atoms with Crippen LogP contribution >= 0.6 is 0 Å². The van der Waals surface area contributed by atoms with Crippen molar-refractivity contribution in [3.8, 4) is 0 Å². The van der Waals surface area contributed by atoms with Gasteiger partial charge < -0.3 is 10.3 Å². The second-order valence-corrected chi connectivity index (χ2v) is 2.20. The van der Waals surface area contributed by atoms with Crippen LogP contribution in [0.5, 0.6) is 0 Å². The Kier molecular flexibility index (Phi) is 3.22. The summed E-state index contributed by atoms with van der Waals surface area (Å²) >= 11 is 0. The zero-order chi connectivity index (χ0) is 8.81. The summed E-state index contributed by atoms with van der Waals surface area (Å²) in [5.74, 6) is 0. The van der Waals surface area contributed by atoms with Crippen LogP contribution in [0, 0.1) is 5.21 Å². The molecule has 0 aliphatic heterocycles. The first-order chi connectivity index (χ1) is 5.84. The van der Waals surface area contributed by atoms with Crippen molar-refractivity contribution in [3.05, 3.63) is 35.5 Å². The van der Waals surface area contributed by atoms with Gasteiger partial charge in [0.05, 0.1) is 6.61 Å². The molecule has 0 aliphatic rings. The van der Waals surface area contributed by atoms with Crippen LogP contribution in [0.3, 0.4) is 0 Å². The van der Waals surface area contributed by atoms with Crippen molar-refractivity contribution in [2.24, 2.45) is 5.11 Å². The summed E-state index contributed by atoms with van der Waals surface area (Å²) in [6, 6.07) is 8.66. The van der Waals surface area contributed by atoms with E-state index in [1.54, 1.807) is 24.3 Å². The summed E-state index contributed by atoms with van der Waals surface area (Å²) in [5.41, 5.74) is 0.478. The molecule has 0 fully saturated rings. The van der Waals surface area contributed by atoms with Crippen LogP contribution in [0.25, 0.3) is 0 Å². The van der Waals surface area contributed by atoms with Gasteiger partial charge in [-0.25, -0.2) is 0 Å². The summed E-state index contributed by atoms with van der Waals surface area (Å²) in [6.07, 6.45) is 0. The van der Waals surface area contributed by atoms with Crippen molar-refractivity contribution in [1.29, 1.82) is 0 Å². The van der Waals surface area contributed by atoms with E-state index in [0.717, 1.165) is 0 Å². The molecule has 0 saturated heterocycles. The third-order valence-corrected chi connectivity index (χ3v) is 1.31. The Labute approximate surface area is 70.4 Å². The molecule has 0 saturated carbocycles. The molecular weight excluding hydrogens is 156 g/mol. The lowest BCUT2D eigenvalue weighted by atomic mass is 10.3. The number of rotatable bonds is 3. The van der Waals surface area contributed by atoms with Crippen molar-refractivity contribution in [1.82, 2.24) is 0 Å². The second-order valence-electron chi connectivity index (χ2n) is 2.20. The fourth-order valence-corrected chi connectivity index (χ4v) is 0.773. The topological polar surface area (TPSA) is 58.7 Å². The number of aliphatic hydroxyl groups excluding tert-OH is 1. The van der Waals surface area contributed by atoms with Gasteiger partial charge >= 0.3 is 0 Å². The van der Waals surface area contributed by atoms with Gasteiger partial charge in [-0.2, -0.15) is 0 Å². The molecule has 0 heterocycles. The van der Waals surface area contributed by atoms with E-state index < -0.39 is 0 Å². The third-order valence-electron chi connectivity index (χ3n) is 1.31. The molecule has 0 amide bonds. The first-order valence-electron chi connectivity index (χ1n) is 3.65. The van der Waals surface area contributed by atoms with Crippen LogP contribution < -0.4 is 0 Å². The molecule has 1 aromatic carbocycles. The maximum atomic E-state index is 11.0. The molecule has 1 aromatic rings. The Morgan fingerprint density at radius 1 is 1.33 bits per heavy atom. The largest absolute Gasteiger partial charge is 0.594 e. The molecule has 64 valence electrons. The van der Waals surface area contributed by atoms with Crippen molar-refractivity contribution in [2.75, 3.05) is 13.2 Å². The highest BCUT2D eigenvalue weighted by Gasteiger charge is 1.98.